The van der Waals surface area contributed by atoms with Crippen molar-refractivity contribution < 1.29 is 34.7 Å². The van der Waals surface area contributed by atoms with E-state index in [0.717, 1.165) is 0 Å². The predicted octanol–water partition coefficient (Wildman–Crippen LogP) is 2.24. The second kappa shape index (κ2) is 5.83. The van der Waals surface area contributed by atoms with E-state index in [9.17, 15) is 34.7 Å². The average molecular weight is 441 g/mol. The summed E-state index contributed by atoms with van der Waals surface area (Å²) < 4.78 is 88.0. The number of benzene rings is 4. The van der Waals surface area contributed by atoms with Gasteiger partial charge in [0.1, 0.15) is 9.79 Å². The molecule has 0 aliphatic heterocycles. The molecule has 0 aliphatic rings. The Morgan fingerprint density at radius 2 is 1.18 bits per heavy atom. The van der Waals surface area contributed by atoms with Crippen LogP contribution in [-0.2, 0) is 31.3 Å². The largest absolute Gasteiger partial charge is 0.398 e. The Balaban J connectivity index is 2.45. The van der Waals surface area contributed by atoms with Crippen LogP contribution in [-0.4, -0.2) is 34.7 Å². The van der Waals surface area contributed by atoms with E-state index in [4.69, 9.17) is 5.73 Å². The summed E-state index contributed by atoms with van der Waals surface area (Å²) in [7, 11) is -9.73. The molecule has 9 nitrogen and oxygen atoms in total. The molecule has 0 saturated carbocycles. The zero-order valence-electron chi connectivity index (χ0n) is 13.6. The van der Waals surface area contributed by atoms with Crippen molar-refractivity contribution in [2.45, 2.75) is 14.7 Å². The molecule has 0 aliphatic carbocycles. The van der Waals surface area contributed by atoms with Crippen LogP contribution in [0.1, 0.15) is 0 Å². The monoisotopic (exact) mass is 441 g/mol. The summed E-state index contributed by atoms with van der Waals surface area (Å²) in [5, 5.41) is 0.888. The molecule has 0 bridgehead atoms. The van der Waals surface area contributed by atoms with E-state index < -0.39 is 41.1 Å². The molecule has 28 heavy (non-hydrogen) atoms. The van der Waals surface area contributed by atoms with Gasteiger partial charge in [0.2, 0.25) is 0 Å². The number of hydrogen-bond acceptors (Lipinski definition) is 6. The first-order chi connectivity index (χ1) is 12.9. The summed E-state index contributed by atoms with van der Waals surface area (Å²) in [6.07, 6.45) is 0. The van der Waals surface area contributed by atoms with Crippen LogP contribution in [0.3, 0.4) is 0 Å². The number of anilines is 1. The summed E-state index contributed by atoms with van der Waals surface area (Å²) in [5.74, 6) is 0. The highest BCUT2D eigenvalue weighted by Crippen LogP contribution is 2.43. The van der Waals surface area contributed by atoms with Crippen molar-refractivity contribution in [3.8, 4) is 0 Å². The predicted molar refractivity (Wildman–Crippen MR) is 103 cm³/mol. The Morgan fingerprint density at radius 1 is 0.750 bits per heavy atom. The number of nitrogens with two attached hydrogens (primary N) is 1. The van der Waals surface area contributed by atoms with Crippen LogP contribution >= 0.6 is 0 Å². The standard InChI is InChI=1S/C16H11NO8S3/c17-11-5-12(26(18)19)8-2-4-10-14(28(23,24)25)6-13(27(20,21)22)9-3-1-7(11)15(8)16(9)10/h1-6H,17H2,(H,18,19)(H,20,21,22)(H,23,24,25). The Morgan fingerprint density at radius 3 is 1.64 bits per heavy atom. The maximum absolute atomic E-state index is 11.9. The van der Waals surface area contributed by atoms with Crippen molar-refractivity contribution in [1.82, 2.24) is 0 Å². The van der Waals surface area contributed by atoms with Gasteiger partial charge in [-0.15, -0.1) is 0 Å². The summed E-state index contributed by atoms with van der Waals surface area (Å²) in [6, 6.07) is 7.44. The molecule has 5 N–H and O–H groups in total. The zero-order valence-corrected chi connectivity index (χ0v) is 16.1. The van der Waals surface area contributed by atoms with Gasteiger partial charge in [-0.05, 0) is 12.1 Å². The third kappa shape index (κ3) is 2.65. The quantitative estimate of drug-likeness (QED) is 0.161. The molecular weight excluding hydrogens is 430 g/mol. The SMILES string of the molecule is Nc1cc(S(=O)O)c2ccc3c(S(=O)(=O)O)cc(S(=O)(=O)O)c4ccc1c2c43. The first-order valence-corrected chi connectivity index (χ1v) is 11.5. The summed E-state index contributed by atoms with van der Waals surface area (Å²) in [4.78, 5) is -1.50. The lowest BCUT2D eigenvalue weighted by Gasteiger charge is -2.17. The highest BCUT2D eigenvalue weighted by molar-refractivity contribution is 7.87. The Bertz CT molecular complexity index is 1490. The van der Waals surface area contributed by atoms with E-state index in [1.807, 2.05) is 0 Å². The third-order valence-electron chi connectivity index (χ3n) is 4.56. The zero-order chi connectivity index (χ0) is 20.6. The molecule has 146 valence electrons. The van der Waals surface area contributed by atoms with Crippen molar-refractivity contribution in [3.63, 3.8) is 0 Å². The Labute approximate surface area is 160 Å². The highest BCUT2D eigenvalue weighted by atomic mass is 32.2. The van der Waals surface area contributed by atoms with Crippen molar-refractivity contribution in [1.29, 1.82) is 0 Å². The van der Waals surface area contributed by atoms with Crippen LogP contribution < -0.4 is 5.73 Å². The van der Waals surface area contributed by atoms with E-state index in [0.29, 0.717) is 11.5 Å². The number of hydrogen-bond donors (Lipinski definition) is 4. The molecule has 4 rings (SSSR count). The smallest absolute Gasteiger partial charge is 0.295 e. The molecule has 0 fully saturated rings. The minimum absolute atomic E-state index is 0.0247. The Kier molecular flexibility index (Phi) is 3.95. The maximum atomic E-state index is 11.9. The highest BCUT2D eigenvalue weighted by Gasteiger charge is 2.26. The van der Waals surface area contributed by atoms with Gasteiger partial charge >= 0.3 is 0 Å². The van der Waals surface area contributed by atoms with Crippen LogP contribution in [0.4, 0.5) is 5.69 Å². The summed E-state index contributed by atoms with van der Waals surface area (Å²) >= 11 is -2.43. The lowest BCUT2D eigenvalue weighted by atomic mass is 9.93. The van der Waals surface area contributed by atoms with Gasteiger partial charge in [0.15, 0.2) is 11.1 Å². The Hall–Kier alpha value is -2.35. The molecule has 0 heterocycles. The second-order valence-corrected chi connectivity index (χ2v) is 9.83. The van der Waals surface area contributed by atoms with Crippen molar-refractivity contribution in [3.05, 3.63) is 36.4 Å². The van der Waals surface area contributed by atoms with Crippen LogP contribution in [0.25, 0.3) is 32.3 Å². The molecule has 0 spiro atoms. The first-order valence-electron chi connectivity index (χ1n) is 7.51. The molecule has 1 unspecified atom stereocenters. The fourth-order valence-corrected chi connectivity index (χ4v) is 5.58. The third-order valence-corrected chi connectivity index (χ3v) is 7.06. The van der Waals surface area contributed by atoms with Gasteiger partial charge in [-0.3, -0.25) is 9.11 Å². The van der Waals surface area contributed by atoms with Gasteiger partial charge in [0.25, 0.3) is 20.2 Å². The molecule has 0 saturated heterocycles. The van der Waals surface area contributed by atoms with Gasteiger partial charge in [-0.2, -0.15) is 16.8 Å². The van der Waals surface area contributed by atoms with Crippen molar-refractivity contribution in [2.75, 3.05) is 5.73 Å². The number of rotatable bonds is 3. The number of nitrogen functional groups attached to an aromatic ring is 1. The van der Waals surface area contributed by atoms with Crippen LogP contribution in [0.15, 0.2) is 51.1 Å². The minimum atomic E-state index is -4.86. The van der Waals surface area contributed by atoms with Gasteiger partial charge in [0, 0.05) is 38.0 Å². The normalized spacial score (nSPS) is 14.2. The minimum Gasteiger partial charge on any atom is -0.398 e. The molecule has 4 aromatic carbocycles. The van der Waals surface area contributed by atoms with Crippen LogP contribution in [0.2, 0.25) is 0 Å². The lowest BCUT2D eigenvalue weighted by Crippen LogP contribution is -2.06. The van der Waals surface area contributed by atoms with Gasteiger partial charge < -0.3 is 10.3 Å². The summed E-state index contributed by atoms with van der Waals surface area (Å²) in [5.41, 5.74) is 6.09. The second-order valence-electron chi connectivity index (χ2n) is 6.11. The van der Waals surface area contributed by atoms with E-state index in [2.05, 4.69) is 0 Å². The molecule has 4 aromatic rings. The summed E-state index contributed by atoms with van der Waals surface area (Å²) in [6.45, 7) is 0. The lowest BCUT2D eigenvalue weighted by molar-refractivity contribution is 0.482. The molecule has 0 amide bonds. The maximum Gasteiger partial charge on any atom is 0.295 e. The van der Waals surface area contributed by atoms with E-state index in [1.165, 1.54) is 30.3 Å². The van der Waals surface area contributed by atoms with Crippen LogP contribution in [0.5, 0.6) is 0 Å². The fraction of sp³-hybridized carbons (Fsp3) is 0. The van der Waals surface area contributed by atoms with Gasteiger partial charge in [-0.1, -0.05) is 24.3 Å². The van der Waals surface area contributed by atoms with Crippen molar-refractivity contribution >= 4 is 69.3 Å². The average Bonchev–Trinajstić information content (AvgIpc) is 2.58. The van der Waals surface area contributed by atoms with Gasteiger partial charge in [-0.25, -0.2) is 4.21 Å². The molecular formula is C16H11NO8S3. The topological polar surface area (TPSA) is 172 Å². The first kappa shape index (κ1) is 19.0. The molecule has 12 heteroatoms. The molecule has 1 atom stereocenters. The van der Waals surface area contributed by atoms with E-state index in [-0.39, 0.29) is 37.5 Å². The molecule has 0 aromatic heterocycles. The van der Waals surface area contributed by atoms with E-state index >= 15 is 0 Å². The molecule has 0 radical (unpaired) electrons. The fourth-order valence-electron chi connectivity index (χ4n) is 3.49. The van der Waals surface area contributed by atoms with Gasteiger partial charge in [0.05, 0.1) is 4.90 Å². The van der Waals surface area contributed by atoms with E-state index in [1.54, 1.807) is 0 Å². The van der Waals surface area contributed by atoms with Crippen LogP contribution in [0, 0.1) is 0 Å². The van der Waals surface area contributed by atoms with Crippen molar-refractivity contribution in [2.24, 2.45) is 0 Å².